The minimum atomic E-state index is 0.108. The van der Waals surface area contributed by atoms with Crippen LogP contribution in [-0.4, -0.2) is 21.1 Å². The van der Waals surface area contributed by atoms with Gasteiger partial charge in [-0.25, -0.2) is 9.97 Å². The Bertz CT molecular complexity index is 512. The molecule has 96 valence electrons. The minimum Gasteiger partial charge on any atom is -0.475 e. The molecule has 6 heteroatoms. The van der Waals surface area contributed by atoms with Gasteiger partial charge in [0.1, 0.15) is 0 Å². The van der Waals surface area contributed by atoms with Crippen molar-refractivity contribution in [1.29, 1.82) is 0 Å². The van der Waals surface area contributed by atoms with Gasteiger partial charge in [-0.1, -0.05) is 0 Å². The van der Waals surface area contributed by atoms with Gasteiger partial charge >= 0.3 is 0 Å². The van der Waals surface area contributed by atoms with E-state index in [1.807, 2.05) is 27.0 Å². The Kier molecular flexibility index (Phi) is 4.09. The Morgan fingerprint density at radius 1 is 1.39 bits per heavy atom. The Morgan fingerprint density at radius 3 is 2.89 bits per heavy atom. The van der Waals surface area contributed by atoms with Crippen molar-refractivity contribution in [3.8, 4) is 5.88 Å². The average Bonchev–Trinajstić information content (AvgIpc) is 2.72. The van der Waals surface area contributed by atoms with Crippen molar-refractivity contribution in [3.05, 3.63) is 28.3 Å². The van der Waals surface area contributed by atoms with Gasteiger partial charge in [0.15, 0.2) is 0 Å². The summed E-state index contributed by atoms with van der Waals surface area (Å²) in [4.78, 5) is 13.8. The van der Waals surface area contributed by atoms with Crippen molar-refractivity contribution < 1.29 is 4.74 Å². The normalized spacial score (nSPS) is 10.7. The third kappa shape index (κ3) is 3.66. The first-order valence-corrected chi connectivity index (χ1v) is 6.60. The summed E-state index contributed by atoms with van der Waals surface area (Å²) in [6, 6.07) is 1.75. The van der Waals surface area contributed by atoms with Gasteiger partial charge in [0, 0.05) is 23.3 Å². The molecule has 0 aliphatic heterocycles. The first-order chi connectivity index (χ1) is 8.63. The third-order valence-electron chi connectivity index (χ3n) is 2.08. The summed E-state index contributed by atoms with van der Waals surface area (Å²) in [7, 11) is 0. The number of hydrogen-bond donors (Lipinski definition) is 1. The van der Waals surface area contributed by atoms with Gasteiger partial charge in [-0.15, -0.1) is 11.3 Å². The molecule has 2 aromatic heterocycles. The van der Waals surface area contributed by atoms with E-state index in [0.717, 1.165) is 9.88 Å². The zero-order chi connectivity index (χ0) is 13.0. The van der Waals surface area contributed by atoms with Gasteiger partial charge in [0.25, 0.3) is 0 Å². The highest BCUT2D eigenvalue weighted by molar-refractivity contribution is 7.11. The van der Waals surface area contributed by atoms with E-state index in [-0.39, 0.29) is 6.10 Å². The highest BCUT2D eigenvalue weighted by Crippen LogP contribution is 2.14. The molecule has 0 saturated heterocycles. The van der Waals surface area contributed by atoms with Crippen LogP contribution >= 0.6 is 11.3 Å². The van der Waals surface area contributed by atoms with Crippen LogP contribution in [0.5, 0.6) is 5.88 Å². The lowest BCUT2D eigenvalue weighted by Gasteiger charge is -2.09. The lowest BCUT2D eigenvalue weighted by molar-refractivity contribution is 0.232. The molecule has 1 N–H and O–H groups in total. The first-order valence-electron chi connectivity index (χ1n) is 5.78. The Balaban J connectivity index is 1.96. The van der Waals surface area contributed by atoms with E-state index >= 15 is 0 Å². The van der Waals surface area contributed by atoms with Gasteiger partial charge < -0.3 is 10.1 Å². The Labute approximate surface area is 110 Å². The van der Waals surface area contributed by atoms with Crippen LogP contribution in [0.15, 0.2) is 18.5 Å². The van der Waals surface area contributed by atoms with Gasteiger partial charge in [-0.3, -0.25) is 0 Å². The minimum absolute atomic E-state index is 0.108. The number of anilines is 1. The van der Waals surface area contributed by atoms with E-state index in [1.54, 1.807) is 23.6 Å². The molecular weight excluding hydrogens is 248 g/mol. The van der Waals surface area contributed by atoms with Crippen LogP contribution in [0.2, 0.25) is 0 Å². The van der Waals surface area contributed by atoms with Gasteiger partial charge in [-0.2, -0.15) is 4.98 Å². The van der Waals surface area contributed by atoms with Crippen LogP contribution < -0.4 is 10.1 Å². The fourth-order valence-electron chi connectivity index (χ4n) is 1.39. The van der Waals surface area contributed by atoms with Crippen molar-refractivity contribution in [2.45, 2.75) is 33.4 Å². The lowest BCUT2D eigenvalue weighted by atomic mass is 10.5. The molecule has 0 bridgehead atoms. The smallest absolute Gasteiger partial charge is 0.226 e. The maximum atomic E-state index is 5.51. The van der Waals surface area contributed by atoms with Crippen LogP contribution in [-0.2, 0) is 6.54 Å². The highest BCUT2D eigenvalue weighted by Gasteiger charge is 2.03. The predicted octanol–water partition coefficient (Wildman–Crippen LogP) is 2.64. The monoisotopic (exact) mass is 264 g/mol. The molecule has 2 aromatic rings. The van der Waals surface area contributed by atoms with Crippen molar-refractivity contribution in [2.75, 3.05) is 5.32 Å². The second-order valence-electron chi connectivity index (χ2n) is 4.08. The quantitative estimate of drug-likeness (QED) is 0.899. The van der Waals surface area contributed by atoms with Crippen LogP contribution in [0.4, 0.5) is 5.95 Å². The Morgan fingerprint density at radius 2 is 2.22 bits per heavy atom. The molecule has 5 nitrogen and oxygen atoms in total. The summed E-state index contributed by atoms with van der Waals surface area (Å²) in [5.74, 6) is 1.15. The summed E-state index contributed by atoms with van der Waals surface area (Å²) in [6.45, 7) is 6.60. The average molecular weight is 264 g/mol. The van der Waals surface area contributed by atoms with Crippen LogP contribution in [0.3, 0.4) is 0 Å². The standard InChI is InChI=1S/C12H16N4OS/c1-8(2)17-11-4-5-13-12(16-11)15-7-10-6-14-9(3)18-10/h4-6,8H,7H2,1-3H3,(H,13,15,16). The lowest BCUT2D eigenvalue weighted by Crippen LogP contribution is -2.09. The maximum Gasteiger partial charge on any atom is 0.226 e. The van der Waals surface area contributed by atoms with Gasteiger partial charge in [0.2, 0.25) is 11.8 Å². The van der Waals surface area contributed by atoms with E-state index in [1.165, 1.54) is 0 Å². The number of aromatic nitrogens is 3. The third-order valence-corrected chi connectivity index (χ3v) is 2.99. The molecule has 0 spiro atoms. The summed E-state index contributed by atoms with van der Waals surface area (Å²) in [5.41, 5.74) is 0. The molecule has 2 rings (SSSR count). The topological polar surface area (TPSA) is 59.9 Å². The number of aryl methyl sites for hydroxylation is 1. The fourth-order valence-corrected chi connectivity index (χ4v) is 2.12. The Hall–Kier alpha value is -1.69. The second kappa shape index (κ2) is 5.77. The summed E-state index contributed by atoms with van der Waals surface area (Å²) in [5, 5.41) is 4.22. The maximum absolute atomic E-state index is 5.51. The fraction of sp³-hybridized carbons (Fsp3) is 0.417. The van der Waals surface area contributed by atoms with E-state index in [4.69, 9.17) is 4.74 Å². The van der Waals surface area contributed by atoms with Crippen molar-refractivity contribution in [2.24, 2.45) is 0 Å². The molecule has 18 heavy (non-hydrogen) atoms. The van der Waals surface area contributed by atoms with E-state index in [2.05, 4.69) is 20.3 Å². The molecule has 0 amide bonds. The van der Waals surface area contributed by atoms with Gasteiger partial charge in [0.05, 0.1) is 17.7 Å². The predicted molar refractivity (Wildman–Crippen MR) is 72.0 cm³/mol. The molecule has 0 radical (unpaired) electrons. The number of hydrogen-bond acceptors (Lipinski definition) is 6. The molecular formula is C12H16N4OS. The molecule has 2 heterocycles. The van der Waals surface area contributed by atoms with Crippen LogP contribution in [0, 0.1) is 6.92 Å². The van der Waals surface area contributed by atoms with E-state index in [9.17, 15) is 0 Å². The van der Waals surface area contributed by atoms with Crippen molar-refractivity contribution >= 4 is 17.3 Å². The molecule has 0 fully saturated rings. The largest absolute Gasteiger partial charge is 0.475 e. The van der Waals surface area contributed by atoms with E-state index in [0.29, 0.717) is 18.4 Å². The van der Waals surface area contributed by atoms with Crippen molar-refractivity contribution in [1.82, 2.24) is 15.0 Å². The van der Waals surface area contributed by atoms with Crippen LogP contribution in [0.1, 0.15) is 23.7 Å². The number of nitrogens with one attached hydrogen (secondary N) is 1. The zero-order valence-electron chi connectivity index (χ0n) is 10.7. The summed E-state index contributed by atoms with van der Waals surface area (Å²) in [6.07, 6.45) is 3.66. The van der Waals surface area contributed by atoms with Gasteiger partial charge in [-0.05, 0) is 20.8 Å². The molecule has 0 aliphatic carbocycles. The molecule has 0 unspecified atom stereocenters. The number of rotatable bonds is 5. The van der Waals surface area contributed by atoms with Crippen molar-refractivity contribution in [3.63, 3.8) is 0 Å². The zero-order valence-corrected chi connectivity index (χ0v) is 11.5. The molecule has 0 aromatic carbocycles. The molecule has 0 atom stereocenters. The molecule has 0 aliphatic rings. The number of thiazole rings is 1. The highest BCUT2D eigenvalue weighted by atomic mass is 32.1. The van der Waals surface area contributed by atoms with E-state index < -0.39 is 0 Å². The number of ether oxygens (including phenoxy) is 1. The van der Waals surface area contributed by atoms with Crippen LogP contribution in [0.25, 0.3) is 0 Å². The molecule has 0 saturated carbocycles. The summed E-state index contributed by atoms with van der Waals surface area (Å²) >= 11 is 1.66. The first kappa shape index (κ1) is 12.8. The summed E-state index contributed by atoms with van der Waals surface area (Å²) < 4.78 is 5.51. The number of nitrogens with zero attached hydrogens (tertiary/aromatic N) is 3. The SMILES string of the molecule is Cc1ncc(CNc2nccc(OC(C)C)n2)s1. The second-order valence-corrected chi connectivity index (χ2v) is 5.40.